The minimum Gasteiger partial charge on any atom is -0.325 e. The molecule has 0 fully saturated rings. The summed E-state index contributed by atoms with van der Waals surface area (Å²) in [6, 6.07) is 17.1. The molecule has 0 heterocycles. The van der Waals surface area contributed by atoms with Crippen molar-refractivity contribution in [2.45, 2.75) is 4.90 Å². The molecule has 0 aliphatic heterocycles. The summed E-state index contributed by atoms with van der Waals surface area (Å²) >= 11 is 0.788. The van der Waals surface area contributed by atoms with Gasteiger partial charge in [-0.3, -0.25) is 0 Å². The minimum atomic E-state index is -3.44. The highest BCUT2D eigenvalue weighted by atomic mass is 32.2. The van der Waals surface area contributed by atoms with Gasteiger partial charge < -0.3 is 4.89 Å². The number of rotatable bonds is 6. The van der Waals surface area contributed by atoms with Crippen molar-refractivity contribution in [3.05, 3.63) is 71.5 Å². The largest absolute Gasteiger partial charge is 0.325 e. The van der Waals surface area contributed by atoms with Gasteiger partial charge in [-0.2, -0.15) is 0 Å². The van der Waals surface area contributed by atoms with Gasteiger partial charge in [0, 0.05) is 10.8 Å². The number of sulfone groups is 1. The highest BCUT2D eigenvalue weighted by molar-refractivity contribution is 7.99. The summed E-state index contributed by atoms with van der Waals surface area (Å²) in [5, 5.41) is 2.38. The Balaban J connectivity index is 1.85. The van der Waals surface area contributed by atoms with Crippen LogP contribution in [-0.4, -0.2) is 8.42 Å². The van der Waals surface area contributed by atoms with E-state index in [1.165, 1.54) is 17.5 Å². The first-order valence-corrected chi connectivity index (χ1v) is 8.05. The van der Waals surface area contributed by atoms with Crippen LogP contribution in [0.2, 0.25) is 0 Å². The van der Waals surface area contributed by atoms with E-state index in [2.05, 4.69) is 0 Å². The summed E-state index contributed by atoms with van der Waals surface area (Å²) in [4.78, 5) is 5.18. The molecule has 0 radical (unpaired) electrons. The summed E-state index contributed by atoms with van der Waals surface area (Å²) in [7, 11) is -3.44. The van der Waals surface area contributed by atoms with Gasteiger partial charge >= 0.3 is 0 Å². The summed E-state index contributed by atoms with van der Waals surface area (Å²) in [5.74, 6) is 0.541. The predicted octanol–water partition coefficient (Wildman–Crippen LogP) is 3.59. The van der Waals surface area contributed by atoms with Crippen molar-refractivity contribution >= 4 is 21.9 Å². The van der Waals surface area contributed by atoms with Crippen LogP contribution < -0.4 is 4.89 Å². The summed E-state index contributed by atoms with van der Waals surface area (Å²) in [5.41, 5.74) is 0. The predicted molar refractivity (Wildman–Crippen MR) is 78.5 cm³/mol. The Morgan fingerprint density at radius 1 is 0.900 bits per heavy atom. The lowest BCUT2D eigenvalue weighted by Gasteiger charge is -2.00. The first-order valence-electron chi connectivity index (χ1n) is 5.70. The molecule has 0 atom stereocenters. The summed E-state index contributed by atoms with van der Waals surface area (Å²) in [6.07, 6.45) is 0. The van der Waals surface area contributed by atoms with Gasteiger partial charge in [0.1, 0.15) is 0 Å². The van der Waals surface area contributed by atoms with Gasteiger partial charge in [0.15, 0.2) is 15.6 Å². The van der Waals surface area contributed by atoms with Crippen molar-refractivity contribution in [1.82, 2.24) is 0 Å². The molecule has 0 N–H and O–H groups in total. The molecule has 0 unspecified atom stereocenters. The number of hydrogen-bond acceptors (Lipinski definition) is 5. The smallest absolute Gasteiger partial charge is 0.200 e. The standard InChI is InChI=1S/C14H12O4S2/c15-20(16,14-9-5-2-6-10-14)12-11-19-18-17-13-7-3-1-4-8-13/h1-12H. The molecule has 0 aliphatic carbocycles. The van der Waals surface area contributed by atoms with Crippen LogP contribution >= 0.6 is 12.0 Å². The van der Waals surface area contributed by atoms with Crippen molar-refractivity contribution in [2.24, 2.45) is 0 Å². The van der Waals surface area contributed by atoms with Crippen molar-refractivity contribution in [2.75, 3.05) is 0 Å². The van der Waals surface area contributed by atoms with Gasteiger partial charge in [0.2, 0.25) is 0 Å². The fourth-order valence-electron chi connectivity index (χ4n) is 1.34. The fourth-order valence-corrected chi connectivity index (χ4v) is 2.97. The topological polar surface area (TPSA) is 52.6 Å². The molecule has 0 spiro atoms. The van der Waals surface area contributed by atoms with E-state index >= 15 is 0 Å². The third-order valence-electron chi connectivity index (χ3n) is 2.27. The molecular formula is C14H12O4S2. The molecule has 0 saturated heterocycles. The molecular weight excluding hydrogens is 296 g/mol. The fraction of sp³-hybridized carbons (Fsp3) is 0. The van der Waals surface area contributed by atoms with Crippen LogP contribution in [0.25, 0.3) is 0 Å². The molecule has 6 heteroatoms. The first kappa shape index (κ1) is 14.6. The average Bonchev–Trinajstić information content (AvgIpc) is 2.49. The van der Waals surface area contributed by atoms with E-state index in [0.29, 0.717) is 5.75 Å². The Hall–Kier alpha value is -1.76. The molecule has 2 rings (SSSR count). The minimum absolute atomic E-state index is 0.237. The van der Waals surface area contributed by atoms with Gasteiger partial charge in [-0.15, -0.1) is 4.33 Å². The van der Waals surface area contributed by atoms with Gasteiger partial charge in [-0.05, 0) is 24.3 Å². The van der Waals surface area contributed by atoms with E-state index in [9.17, 15) is 8.42 Å². The zero-order valence-electron chi connectivity index (χ0n) is 10.4. The maximum Gasteiger partial charge on any atom is 0.200 e. The highest BCUT2D eigenvalue weighted by Crippen LogP contribution is 2.16. The Bertz CT molecular complexity index is 652. The molecule has 0 aromatic heterocycles. The van der Waals surface area contributed by atoms with Crippen LogP contribution in [0.5, 0.6) is 5.75 Å². The first-order chi connectivity index (χ1) is 9.68. The van der Waals surface area contributed by atoms with E-state index in [0.717, 1.165) is 17.5 Å². The molecule has 2 aromatic carbocycles. The molecule has 2 aromatic rings. The number of hydrogen-bond donors (Lipinski definition) is 0. The van der Waals surface area contributed by atoms with Crippen LogP contribution in [0, 0.1) is 0 Å². The second-order valence-electron chi connectivity index (χ2n) is 3.69. The molecule has 104 valence electrons. The van der Waals surface area contributed by atoms with Gasteiger partial charge in [-0.1, -0.05) is 36.4 Å². The Morgan fingerprint density at radius 2 is 1.50 bits per heavy atom. The van der Waals surface area contributed by atoms with E-state index < -0.39 is 9.84 Å². The van der Waals surface area contributed by atoms with Crippen LogP contribution in [0.15, 0.2) is 76.4 Å². The third kappa shape index (κ3) is 4.41. The van der Waals surface area contributed by atoms with Gasteiger partial charge in [-0.25, -0.2) is 8.42 Å². The van der Waals surface area contributed by atoms with E-state index in [-0.39, 0.29) is 4.90 Å². The Kier molecular flexibility index (Phi) is 5.23. The molecule has 20 heavy (non-hydrogen) atoms. The lowest BCUT2D eigenvalue weighted by Crippen LogP contribution is -1.95. The third-order valence-corrected chi connectivity index (χ3v) is 4.26. The Morgan fingerprint density at radius 3 is 2.15 bits per heavy atom. The zero-order chi connectivity index (χ0) is 14.3. The number of benzene rings is 2. The van der Waals surface area contributed by atoms with Crippen molar-refractivity contribution in [1.29, 1.82) is 0 Å². The monoisotopic (exact) mass is 308 g/mol. The van der Waals surface area contributed by atoms with E-state index in [1.54, 1.807) is 42.5 Å². The SMILES string of the molecule is O=S(=O)(C=CSOOc1ccccc1)c1ccccc1. The lowest BCUT2D eigenvalue weighted by atomic mass is 10.3. The lowest BCUT2D eigenvalue weighted by molar-refractivity contribution is -0.0765. The second-order valence-corrected chi connectivity index (χ2v) is 6.13. The van der Waals surface area contributed by atoms with E-state index in [1.807, 2.05) is 6.07 Å². The normalized spacial score (nSPS) is 11.6. The van der Waals surface area contributed by atoms with Crippen molar-refractivity contribution in [3.63, 3.8) is 0 Å². The van der Waals surface area contributed by atoms with Crippen LogP contribution in [0.4, 0.5) is 0 Å². The number of para-hydroxylation sites is 1. The van der Waals surface area contributed by atoms with Gasteiger partial charge in [0.05, 0.1) is 16.9 Å². The van der Waals surface area contributed by atoms with Gasteiger partial charge in [0.25, 0.3) is 0 Å². The maximum absolute atomic E-state index is 11.9. The highest BCUT2D eigenvalue weighted by Gasteiger charge is 2.08. The zero-order valence-corrected chi connectivity index (χ0v) is 12.0. The quantitative estimate of drug-likeness (QED) is 0.353. The second kappa shape index (κ2) is 7.14. The molecule has 0 saturated carbocycles. The summed E-state index contributed by atoms with van der Waals surface area (Å²) in [6.45, 7) is 0. The summed E-state index contributed by atoms with van der Waals surface area (Å²) < 4.78 is 28.6. The molecule has 0 aliphatic rings. The maximum atomic E-state index is 11.9. The molecule has 0 bridgehead atoms. The van der Waals surface area contributed by atoms with Crippen LogP contribution in [0.3, 0.4) is 0 Å². The van der Waals surface area contributed by atoms with Crippen molar-refractivity contribution in [3.8, 4) is 5.75 Å². The van der Waals surface area contributed by atoms with E-state index in [4.69, 9.17) is 9.22 Å². The van der Waals surface area contributed by atoms with Crippen LogP contribution in [-0.2, 0) is 14.2 Å². The average molecular weight is 308 g/mol. The molecule has 4 nitrogen and oxygen atoms in total. The van der Waals surface area contributed by atoms with Crippen LogP contribution in [0.1, 0.15) is 0 Å². The molecule has 0 amide bonds. The Labute approximate surface area is 122 Å². The van der Waals surface area contributed by atoms with Crippen molar-refractivity contribution < 1.29 is 17.6 Å².